The zero-order chi connectivity index (χ0) is 15.0. The Labute approximate surface area is 121 Å². The molecular formula is C14H16ClFN2O2. The number of nitrogens with zero attached hydrogens (tertiary/aromatic N) is 1. The van der Waals surface area contributed by atoms with Gasteiger partial charge in [-0.1, -0.05) is 31.5 Å². The molecule has 2 rings (SSSR count). The Morgan fingerprint density at radius 3 is 2.55 bits per heavy atom. The highest BCUT2D eigenvalue weighted by Gasteiger charge is 2.41. The summed E-state index contributed by atoms with van der Waals surface area (Å²) in [5.74, 6) is -1.37. The summed E-state index contributed by atoms with van der Waals surface area (Å²) in [5.41, 5.74) is -0.0350. The van der Waals surface area contributed by atoms with Crippen LogP contribution in [0.1, 0.15) is 20.8 Å². The first-order valence-corrected chi connectivity index (χ1v) is 6.80. The lowest BCUT2D eigenvalue weighted by molar-refractivity contribution is -0.134. The number of carbonyl (C=O) groups excluding carboxylic acids is 2. The second-order valence-corrected chi connectivity index (χ2v) is 5.59. The Morgan fingerprint density at radius 1 is 1.35 bits per heavy atom. The van der Waals surface area contributed by atoms with Gasteiger partial charge in [-0.25, -0.2) is 4.39 Å². The van der Waals surface area contributed by atoms with Gasteiger partial charge in [0.15, 0.2) is 0 Å². The molecule has 2 amide bonds. The molecule has 2 atom stereocenters. The number of rotatable bonds is 2. The lowest BCUT2D eigenvalue weighted by Crippen LogP contribution is -2.64. The Bertz CT molecular complexity index is 542. The van der Waals surface area contributed by atoms with Crippen LogP contribution in [0.25, 0.3) is 0 Å². The average molecular weight is 299 g/mol. The highest BCUT2D eigenvalue weighted by atomic mass is 35.5. The quantitative estimate of drug-likeness (QED) is 0.911. The van der Waals surface area contributed by atoms with E-state index in [0.717, 1.165) is 4.90 Å². The van der Waals surface area contributed by atoms with Crippen molar-refractivity contribution in [3.05, 3.63) is 29.0 Å². The van der Waals surface area contributed by atoms with Gasteiger partial charge in [0.25, 0.3) is 5.91 Å². The number of benzene rings is 1. The lowest BCUT2D eigenvalue weighted by atomic mass is 9.97. The number of carbonyl (C=O) groups is 2. The van der Waals surface area contributed by atoms with Crippen LogP contribution in [0, 0.1) is 11.7 Å². The number of para-hydroxylation sites is 1. The first kappa shape index (κ1) is 14.8. The van der Waals surface area contributed by atoms with Crippen molar-refractivity contribution in [1.82, 2.24) is 5.32 Å². The summed E-state index contributed by atoms with van der Waals surface area (Å²) in [5, 5.41) is 2.77. The largest absolute Gasteiger partial charge is 0.342 e. The Hall–Kier alpha value is -1.62. The van der Waals surface area contributed by atoms with Crippen molar-refractivity contribution in [2.45, 2.75) is 32.9 Å². The molecule has 0 saturated carbocycles. The number of piperazine rings is 1. The molecular weight excluding hydrogens is 283 g/mol. The van der Waals surface area contributed by atoms with E-state index in [1.54, 1.807) is 6.92 Å². The molecule has 1 aliphatic heterocycles. The first-order valence-electron chi connectivity index (χ1n) is 6.42. The van der Waals surface area contributed by atoms with Crippen molar-refractivity contribution >= 4 is 29.1 Å². The lowest BCUT2D eigenvalue weighted by Gasteiger charge is -2.39. The zero-order valence-corrected chi connectivity index (χ0v) is 12.2. The van der Waals surface area contributed by atoms with Gasteiger partial charge >= 0.3 is 0 Å². The minimum absolute atomic E-state index is 0.0350. The highest BCUT2D eigenvalue weighted by molar-refractivity contribution is 6.34. The van der Waals surface area contributed by atoms with E-state index in [1.807, 2.05) is 13.8 Å². The summed E-state index contributed by atoms with van der Waals surface area (Å²) in [6.45, 7) is 5.19. The molecule has 0 aliphatic carbocycles. The Balaban J connectivity index is 2.52. The second kappa shape index (κ2) is 5.40. The Morgan fingerprint density at radius 2 is 2.00 bits per heavy atom. The maximum atomic E-state index is 14.0. The molecule has 6 heteroatoms. The summed E-state index contributed by atoms with van der Waals surface area (Å²) in [4.78, 5) is 25.7. The van der Waals surface area contributed by atoms with Crippen LogP contribution in [-0.4, -0.2) is 23.9 Å². The molecule has 20 heavy (non-hydrogen) atoms. The van der Waals surface area contributed by atoms with Gasteiger partial charge in [0.1, 0.15) is 17.9 Å². The van der Waals surface area contributed by atoms with Crippen molar-refractivity contribution in [2.75, 3.05) is 4.90 Å². The minimum Gasteiger partial charge on any atom is -0.342 e. The van der Waals surface area contributed by atoms with Crippen molar-refractivity contribution < 1.29 is 14.0 Å². The molecule has 0 aromatic heterocycles. The van der Waals surface area contributed by atoms with Crippen molar-refractivity contribution in [1.29, 1.82) is 0 Å². The normalized spacial score (nSPS) is 23.2. The summed E-state index contributed by atoms with van der Waals surface area (Å²) >= 11 is 6.00. The van der Waals surface area contributed by atoms with Crippen LogP contribution in [0.2, 0.25) is 5.02 Å². The molecule has 4 nitrogen and oxygen atoms in total. The van der Waals surface area contributed by atoms with Crippen molar-refractivity contribution in [2.24, 2.45) is 5.92 Å². The Kier molecular flexibility index (Phi) is 3.99. The van der Waals surface area contributed by atoms with Crippen LogP contribution in [0.15, 0.2) is 18.2 Å². The predicted octanol–water partition coefficient (Wildman–Crippen LogP) is 2.36. The summed E-state index contributed by atoms with van der Waals surface area (Å²) in [6, 6.07) is 2.70. The standard InChI is InChI=1S/C14H16ClFN2O2/c1-7(2)11-14(20)18(8(3)13(19)17-11)12-9(15)5-4-6-10(12)16/h4-8,11H,1-3H3,(H,17,19). The van der Waals surface area contributed by atoms with E-state index in [4.69, 9.17) is 11.6 Å². The fourth-order valence-electron chi connectivity index (χ4n) is 2.27. The van der Waals surface area contributed by atoms with Gasteiger partial charge in [-0.05, 0) is 25.0 Å². The maximum Gasteiger partial charge on any atom is 0.250 e. The molecule has 1 N–H and O–H groups in total. The highest BCUT2D eigenvalue weighted by Crippen LogP contribution is 2.32. The fraction of sp³-hybridized carbons (Fsp3) is 0.429. The van der Waals surface area contributed by atoms with E-state index in [2.05, 4.69) is 5.32 Å². The molecule has 1 aromatic carbocycles. The summed E-state index contributed by atoms with van der Waals surface area (Å²) in [6.07, 6.45) is 0. The molecule has 1 aliphatic rings. The van der Waals surface area contributed by atoms with Gasteiger partial charge in [0, 0.05) is 0 Å². The third kappa shape index (κ3) is 2.38. The second-order valence-electron chi connectivity index (χ2n) is 5.18. The van der Waals surface area contributed by atoms with Crippen LogP contribution in [0.3, 0.4) is 0 Å². The van der Waals surface area contributed by atoms with Gasteiger partial charge in [0.05, 0.1) is 10.7 Å². The molecule has 1 aromatic rings. The van der Waals surface area contributed by atoms with Crippen LogP contribution in [0.4, 0.5) is 10.1 Å². The van der Waals surface area contributed by atoms with Crippen LogP contribution < -0.4 is 10.2 Å². The maximum absolute atomic E-state index is 14.0. The number of nitrogens with one attached hydrogen (secondary N) is 1. The van der Waals surface area contributed by atoms with Crippen molar-refractivity contribution in [3.8, 4) is 0 Å². The monoisotopic (exact) mass is 298 g/mol. The number of halogens is 2. The third-order valence-electron chi connectivity index (χ3n) is 3.41. The smallest absolute Gasteiger partial charge is 0.250 e. The molecule has 1 fully saturated rings. The SMILES string of the molecule is CC(C)C1NC(=O)C(C)N(c2c(F)cccc2Cl)C1=O. The van der Waals surface area contributed by atoms with E-state index in [0.29, 0.717) is 0 Å². The van der Waals surface area contributed by atoms with Crippen molar-refractivity contribution in [3.63, 3.8) is 0 Å². The van der Waals surface area contributed by atoms with E-state index in [9.17, 15) is 14.0 Å². The first-order chi connectivity index (χ1) is 9.34. The van der Waals surface area contributed by atoms with E-state index < -0.39 is 17.9 Å². The molecule has 1 heterocycles. The van der Waals surface area contributed by atoms with E-state index >= 15 is 0 Å². The third-order valence-corrected chi connectivity index (χ3v) is 3.72. The molecule has 0 radical (unpaired) electrons. The molecule has 0 bridgehead atoms. The van der Waals surface area contributed by atoms with Gasteiger partial charge in [-0.2, -0.15) is 0 Å². The average Bonchev–Trinajstić information content (AvgIpc) is 2.37. The topological polar surface area (TPSA) is 49.4 Å². The minimum atomic E-state index is -0.799. The van der Waals surface area contributed by atoms with Crippen LogP contribution >= 0.6 is 11.6 Å². The van der Waals surface area contributed by atoms with Gasteiger partial charge in [0.2, 0.25) is 5.91 Å². The molecule has 108 valence electrons. The van der Waals surface area contributed by atoms with E-state index in [1.165, 1.54) is 18.2 Å². The summed E-state index contributed by atoms with van der Waals surface area (Å²) < 4.78 is 14.0. The van der Waals surface area contributed by atoms with Gasteiger partial charge < -0.3 is 5.32 Å². The number of hydrogen-bond acceptors (Lipinski definition) is 2. The molecule has 2 unspecified atom stereocenters. The molecule has 1 saturated heterocycles. The number of hydrogen-bond donors (Lipinski definition) is 1. The fourth-order valence-corrected chi connectivity index (χ4v) is 2.52. The predicted molar refractivity (Wildman–Crippen MR) is 75.1 cm³/mol. The number of amides is 2. The summed E-state index contributed by atoms with van der Waals surface area (Å²) in [7, 11) is 0. The molecule has 0 spiro atoms. The van der Waals surface area contributed by atoms with Gasteiger partial charge in [-0.3, -0.25) is 14.5 Å². The van der Waals surface area contributed by atoms with Crippen LogP contribution in [-0.2, 0) is 9.59 Å². The number of anilines is 1. The van der Waals surface area contributed by atoms with Gasteiger partial charge in [-0.15, -0.1) is 0 Å². The van der Waals surface area contributed by atoms with E-state index in [-0.39, 0.29) is 28.4 Å². The zero-order valence-electron chi connectivity index (χ0n) is 11.5. The van der Waals surface area contributed by atoms with Crippen LogP contribution in [0.5, 0.6) is 0 Å².